The van der Waals surface area contributed by atoms with Gasteiger partial charge >= 0.3 is 0 Å². The molecule has 0 amide bonds. The Hall–Kier alpha value is -2.27. The molecule has 1 unspecified atom stereocenters. The lowest BCUT2D eigenvalue weighted by atomic mass is 10.0. The summed E-state index contributed by atoms with van der Waals surface area (Å²) in [7, 11) is 0. The average molecular weight is 250 g/mol. The number of nitriles is 1. The van der Waals surface area contributed by atoms with Gasteiger partial charge in [-0.05, 0) is 49.6 Å². The normalized spacial score (nSPS) is 11.7. The Morgan fingerprint density at radius 3 is 2.53 bits per heavy atom. The van der Waals surface area contributed by atoms with Gasteiger partial charge in [-0.2, -0.15) is 5.26 Å². The van der Waals surface area contributed by atoms with Gasteiger partial charge in [-0.3, -0.25) is 0 Å². The van der Waals surface area contributed by atoms with Crippen molar-refractivity contribution in [2.24, 2.45) is 0 Å². The van der Waals surface area contributed by atoms with Crippen LogP contribution in [-0.2, 0) is 0 Å². The quantitative estimate of drug-likeness (QED) is 0.879. The number of aryl methyl sites for hydroxylation is 2. The first-order valence-electron chi connectivity index (χ1n) is 6.44. The van der Waals surface area contributed by atoms with Crippen molar-refractivity contribution >= 4 is 5.69 Å². The molecule has 0 radical (unpaired) electrons. The van der Waals surface area contributed by atoms with Crippen molar-refractivity contribution in [1.29, 1.82) is 5.26 Å². The largest absolute Gasteiger partial charge is 0.377 e. The Morgan fingerprint density at radius 1 is 1.11 bits per heavy atom. The van der Waals surface area contributed by atoms with Crippen molar-refractivity contribution in [3.63, 3.8) is 0 Å². The fraction of sp³-hybridized carbons (Fsp3) is 0.235. The maximum absolute atomic E-state index is 9.19. The zero-order valence-corrected chi connectivity index (χ0v) is 11.6. The molecule has 2 rings (SSSR count). The number of benzene rings is 2. The molecule has 96 valence electrons. The monoisotopic (exact) mass is 250 g/mol. The predicted molar refractivity (Wildman–Crippen MR) is 79.1 cm³/mol. The van der Waals surface area contributed by atoms with Crippen molar-refractivity contribution in [2.75, 3.05) is 5.32 Å². The summed E-state index contributed by atoms with van der Waals surface area (Å²) in [6.45, 7) is 6.21. The fourth-order valence-electron chi connectivity index (χ4n) is 2.26. The molecular weight excluding hydrogens is 232 g/mol. The highest BCUT2D eigenvalue weighted by Gasteiger charge is 2.10. The van der Waals surface area contributed by atoms with Gasteiger partial charge in [0.15, 0.2) is 0 Å². The highest BCUT2D eigenvalue weighted by molar-refractivity contribution is 5.59. The van der Waals surface area contributed by atoms with Crippen molar-refractivity contribution in [1.82, 2.24) is 0 Å². The molecule has 0 spiro atoms. The molecule has 0 aliphatic heterocycles. The van der Waals surface area contributed by atoms with Crippen LogP contribution in [0.15, 0.2) is 42.5 Å². The van der Waals surface area contributed by atoms with Crippen molar-refractivity contribution < 1.29 is 0 Å². The summed E-state index contributed by atoms with van der Waals surface area (Å²) >= 11 is 0. The van der Waals surface area contributed by atoms with E-state index in [0.717, 1.165) is 11.3 Å². The highest BCUT2D eigenvalue weighted by atomic mass is 14.9. The summed E-state index contributed by atoms with van der Waals surface area (Å²) in [4.78, 5) is 0. The molecule has 0 heterocycles. The maximum Gasteiger partial charge on any atom is 0.101 e. The Bertz CT molecular complexity index is 623. The van der Waals surface area contributed by atoms with Crippen LogP contribution in [0.3, 0.4) is 0 Å². The van der Waals surface area contributed by atoms with E-state index in [1.807, 2.05) is 37.3 Å². The minimum absolute atomic E-state index is 0.177. The number of hydrogen-bond donors (Lipinski definition) is 1. The summed E-state index contributed by atoms with van der Waals surface area (Å²) in [5, 5.41) is 12.6. The zero-order valence-electron chi connectivity index (χ0n) is 11.6. The molecule has 0 aliphatic carbocycles. The molecule has 2 aromatic rings. The van der Waals surface area contributed by atoms with Crippen LogP contribution in [0.5, 0.6) is 0 Å². The van der Waals surface area contributed by atoms with E-state index in [-0.39, 0.29) is 6.04 Å². The van der Waals surface area contributed by atoms with Crippen LogP contribution in [0.2, 0.25) is 0 Å². The van der Waals surface area contributed by atoms with Crippen LogP contribution >= 0.6 is 0 Å². The highest BCUT2D eigenvalue weighted by Crippen LogP contribution is 2.24. The third-order valence-corrected chi connectivity index (χ3v) is 3.32. The molecule has 0 saturated carbocycles. The second-order valence-corrected chi connectivity index (χ2v) is 4.88. The molecule has 2 nitrogen and oxygen atoms in total. The van der Waals surface area contributed by atoms with Crippen molar-refractivity contribution in [3.8, 4) is 6.07 Å². The van der Waals surface area contributed by atoms with Gasteiger partial charge in [0.2, 0.25) is 0 Å². The van der Waals surface area contributed by atoms with Crippen molar-refractivity contribution in [3.05, 3.63) is 64.7 Å². The van der Waals surface area contributed by atoms with E-state index in [0.29, 0.717) is 5.56 Å². The van der Waals surface area contributed by atoms with Crippen LogP contribution in [0.25, 0.3) is 0 Å². The number of hydrogen-bond acceptors (Lipinski definition) is 2. The Balaban J connectivity index is 2.27. The fourth-order valence-corrected chi connectivity index (χ4v) is 2.26. The first kappa shape index (κ1) is 13.2. The first-order chi connectivity index (χ1) is 9.11. The summed E-state index contributed by atoms with van der Waals surface area (Å²) < 4.78 is 0. The molecular formula is C17H18N2. The van der Waals surface area contributed by atoms with E-state index < -0.39 is 0 Å². The summed E-state index contributed by atoms with van der Waals surface area (Å²) in [6.07, 6.45) is 0. The minimum Gasteiger partial charge on any atom is -0.377 e. The van der Waals surface area contributed by atoms with E-state index in [1.54, 1.807) is 0 Å². The molecule has 2 aromatic carbocycles. The summed E-state index contributed by atoms with van der Waals surface area (Å²) in [5.74, 6) is 0. The lowest BCUT2D eigenvalue weighted by Crippen LogP contribution is -2.09. The molecule has 1 N–H and O–H groups in total. The smallest absolute Gasteiger partial charge is 0.101 e. The van der Waals surface area contributed by atoms with Crippen LogP contribution in [0.1, 0.15) is 35.2 Å². The molecule has 2 heteroatoms. The number of nitrogens with one attached hydrogen (secondary N) is 1. The van der Waals surface area contributed by atoms with Crippen LogP contribution in [0.4, 0.5) is 5.69 Å². The maximum atomic E-state index is 9.19. The van der Waals surface area contributed by atoms with E-state index in [1.165, 1.54) is 11.1 Å². The van der Waals surface area contributed by atoms with Gasteiger partial charge < -0.3 is 5.32 Å². The Morgan fingerprint density at radius 2 is 1.84 bits per heavy atom. The molecule has 0 bridgehead atoms. The van der Waals surface area contributed by atoms with Gasteiger partial charge in [0.25, 0.3) is 0 Å². The zero-order chi connectivity index (χ0) is 13.8. The second-order valence-electron chi connectivity index (χ2n) is 4.88. The number of nitrogens with zero attached hydrogens (tertiary/aromatic N) is 1. The van der Waals surface area contributed by atoms with Crippen LogP contribution < -0.4 is 5.32 Å². The first-order valence-corrected chi connectivity index (χ1v) is 6.44. The molecule has 19 heavy (non-hydrogen) atoms. The van der Waals surface area contributed by atoms with E-state index >= 15 is 0 Å². The van der Waals surface area contributed by atoms with Gasteiger partial charge in [0.05, 0.1) is 11.3 Å². The van der Waals surface area contributed by atoms with Crippen molar-refractivity contribution in [2.45, 2.75) is 26.8 Å². The predicted octanol–water partition coefficient (Wildman–Crippen LogP) is 4.35. The standard InChI is InChI=1S/C17H18N2/c1-12-8-9-17(15(10-12)11-18)19-14(3)16-7-5-4-6-13(16)2/h4-10,14,19H,1-3H3. The molecule has 0 aliphatic rings. The van der Waals surface area contributed by atoms with E-state index in [4.69, 9.17) is 0 Å². The average Bonchev–Trinajstić information content (AvgIpc) is 2.41. The Labute approximate surface area is 114 Å². The van der Waals surface area contributed by atoms with Gasteiger partial charge in [0, 0.05) is 6.04 Å². The molecule has 1 atom stereocenters. The SMILES string of the molecule is Cc1ccc(NC(C)c2ccccc2C)c(C#N)c1. The third-order valence-electron chi connectivity index (χ3n) is 3.32. The lowest BCUT2D eigenvalue weighted by Gasteiger charge is -2.18. The van der Waals surface area contributed by atoms with E-state index in [2.05, 4.69) is 37.4 Å². The van der Waals surface area contributed by atoms with E-state index in [9.17, 15) is 5.26 Å². The third kappa shape index (κ3) is 2.95. The van der Waals surface area contributed by atoms with Gasteiger partial charge in [-0.25, -0.2) is 0 Å². The molecule has 0 aromatic heterocycles. The van der Waals surface area contributed by atoms with Crippen LogP contribution in [-0.4, -0.2) is 0 Å². The summed E-state index contributed by atoms with van der Waals surface area (Å²) in [5.41, 5.74) is 5.20. The molecule has 0 saturated heterocycles. The van der Waals surface area contributed by atoms with Gasteiger partial charge in [-0.1, -0.05) is 30.3 Å². The Kier molecular flexibility index (Phi) is 3.87. The van der Waals surface area contributed by atoms with Gasteiger partial charge in [0.1, 0.15) is 6.07 Å². The number of anilines is 1. The second kappa shape index (κ2) is 5.58. The summed E-state index contributed by atoms with van der Waals surface area (Å²) in [6, 6.07) is 16.6. The van der Waals surface area contributed by atoms with Gasteiger partial charge in [-0.15, -0.1) is 0 Å². The minimum atomic E-state index is 0.177. The topological polar surface area (TPSA) is 35.8 Å². The lowest BCUT2D eigenvalue weighted by molar-refractivity contribution is 0.873. The van der Waals surface area contributed by atoms with Crippen LogP contribution in [0, 0.1) is 25.2 Å². The number of rotatable bonds is 3. The molecule has 0 fully saturated rings.